The molecule has 0 aliphatic carbocycles. The molecule has 1 unspecified atom stereocenters. The molecule has 6 heteroatoms. The molecule has 3 amide bonds. The monoisotopic (exact) mass is 252 g/mol. The summed E-state index contributed by atoms with van der Waals surface area (Å²) in [6.45, 7) is 2.61. The average molecular weight is 252 g/mol. The zero-order chi connectivity index (χ0) is 13.4. The SMILES string of the molecule is C#CCNCC(=O)N1CCCC(CNC(N)=O)C1. The van der Waals surface area contributed by atoms with E-state index in [1.165, 1.54) is 0 Å². The van der Waals surface area contributed by atoms with Gasteiger partial charge in [0, 0.05) is 19.6 Å². The van der Waals surface area contributed by atoms with E-state index < -0.39 is 6.03 Å². The molecule has 0 aromatic carbocycles. The maximum atomic E-state index is 11.8. The Morgan fingerprint density at radius 3 is 2.94 bits per heavy atom. The number of nitrogens with one attached hydrogen (secondary N) is 2. The normalized spacial score (nSPS) is 19.1. The molecule has 1 saturated heterocycles. The lowest BCUT2D eigenvalue weighted by Gasteiger charge is -2.32. The van der Waals surface area contributed by atoms with Crippen molar-refractivity contribution < 1.29 is 9.59 Å². The lowest BCUT2D eigenvalue weighted by molar-refractivity contribution is -0.131. The van der Waals surface area contributed by atoms with Gasteiger partial charge in [-0.15, -0.1) is 6.42 Å². The highest BCUT2D eigenvalue weighted by molar-refractivity contribution is 5.78. The summed E-state index contributed by atoms with van der Waals surface area (Å²) < 4.78 is 0. The van der Waals surface area contributed by atoms with E-state index in [0.29, 0.717) is 19.6 Å². The number of terminal acetylenes is 1. The van der Waals surface area contributed by atoms with E-state index >= 15 is 0 Å². The first-order chi connectivity index (χ1) is 8.63. The van der Waals surface area contributed by atoms with Gasteiger partial charge < -0.3 is 16.0 Å². The Bertz CT molecular complexity index is 337. The fraction of sp³-hybridized carbons (Fsp3) is 0.667. The largest absolute Gasteiger partial charge is 0.352 e. The fourth-order valence-electron chi connectivity index (χ4n) is 2.06. The summed E-state index contributed by atoms with van der Waals surface area (Å²) >= 11 is 0. The van der Waals surface area contributed by atoms with E-state index in [1.807, 2.05) is 0 Å². The van der Waals surface area contributed by atoms with E-state index in [4.69, 9.17) is 12.2 Å². The van der Waals surface area contributed by atoms with Gasteiger partial charge in [-0.3, -0.25) is 10.1 Å². The second-order valence-electron chi connectivity index (χ2n) is 4.40. The zero-order valence-electron chi connectivity index (χ0n) is 10.4. The van der Waals surface area contributed by atoms with Crippen LogP contribution >= 0.6 is 0 Å². The van der Waals surface area contributed by atoms with Crippen molar-refractivity contribution in [3.05, 3.63) is 0 Å². The lowest BCUT2D eigenvalue weighted by Crippen LogP contribution is -2.47. The van der Waals surface area contributed by atoms with Gasteiger partial charge in [-0.05, 0) is 18.8 Å². The maximum absolute atomic E-state index is 11.8. The highest BCUT2D eigenvalue weighted by Gasteiger charge is 2.23. The first kappa shape index (κ1) is 14.3. The van der Waals surface area contributed by atoms with E-state index in [0.717, 1.165) is 19.4 Å². The van der Waals surface area contributed by atoms with Gasteiger partial charge in [0.25, 0.3) is 0 Å². The molecule has 1 atom stereocenters. The van der Waals surface area contributed by atoms with Crippen LogP contribution in [0.5, 0.6) is 0 Å². The molecule has 18 heavy (non-hydrogen) atoms. The summed E-state index contributed by atoms with van der Waals surface area (Å²) in [6.07, 6.45) is 7.05. The number of hydrogen-bond donors (Lipinski definition) is 3. The van der Waals surface area contributed by atoms with E-state index in [9.17, 15) is 9.59 Å². The number of urea groups is 1. The van der Waals surface area contributed by atoms with Crippen LogP contribution in [-0.4, -0.2) is 49.6 Å². The summed E-state index contributed by atoms with van der Waals surface area (Å²) in [7, 11) is 0. The summed E-state index contributed by atoms with van der Waals surface area (Å²) in [5.41, 5.74) is 5.03. The lowest BCUT2D eigenvalue weighted by atomic mass is 9.98. The Morgan fingerprint density at radius 2 is 2.28 bits per heavy atom. The quantitative estimate of drug-likeness (QED) is 0.438. The van der Waals surface area contributed by atoms with Crippen LogP contribution in [0.3, 0.4) is 0 Å². The molecule has 0 spiro atoms. The van der Waals surface area contributed by atoms with Crippen LogP contribution in [0.2, 0.25) is 0 Å². The van der Waals surface area contributed by atoms with Crippen LogP contribution in [0.15, 0.2) is 0 Å². The van der Waals surface area contributed by atoms with Crippen LogP contribution in [0.1, 0.15) is 12.8 Å². The smallest absolute Gasteiger partial charge is 0.312 e. The molecule has 0 radical (unpaired) electrons. The van der Waals surface area contributed by atoms with Crippen LogP contribution in [-0.2, 0) is 4.79 Å². The van der Waals surface area contributed by atoms with Gasteiger partial charge in [0.05, 0.1) is 13.1 Å². The Labute approximate surface area is 107 Å². The van der Waals surface area contributed by atoms with Gasteiger partial charge in [-0.25, -0.2) is 4.79 Å². The zero-order valence-corrected chi connectivity index (χ0v) is 10.4. The van der Waals surface area contributed by atoms with Crippen molar-refractivity contribution in [1.82, 2.24) is 15.5 Å². The molecule has 1 aliphatic rings. The van der Waals surface area contributed by atoms with Gasteiger partial charge >= 0.3 is 6.03 Å². The van der Waals surface area contributed by atoms with Crippen molar-refractivity contribution in [1.29, 1.82) is 0 Å². The predicted octanol–water partition coefficient (Wildman–Crippen LogP) is -0.884. The Kier molecular flexibility index (Phi) is 6.01. The molecule has 0 saturated carbocycles. The summed E-state index contributed by atoms with van der Waals surface area (Å²) in [4.78, 5) is 24.3. The van der Waals surface area contributed by atoms with Crippen LogP contribution < -0.4 is 16.4 Å². The Morgan fingerprint density at radius 1 is 1.50 bits per heavy atom. The van der Waals surface area contributed by atoms with Crippen molar-refractivity contribution in [3.8, 4) is 12.3 Å². The second kappa shape index (κ2) is 7.56. The van der Waals surface area contributed by atoms with Crippen molar-refractivity contribution in [2.45, 2.75) is 12.8 Å². The highest BCUT2D eigenvalue weighted by Crippen LogP contribution is 2.15. The van der Waals surface area contributed by atoms with Crippen molar-refractivity contribution in [2.24, 2.45) is 11.7 Å². The highest BCUT2D eigenvalue weighted by atomic mass is 16.2. The average Bonchev–Trinajstić information content (AvgIpc) is 2.37. The molecule has 4 N–H and O–H groups in total. The number of primary amides is 1. The topological polar surface area (TPSA) is 87.5 Å². The standard InChI is InChI=1S/C12H20N4O2/c1-2-5-14-8-11(17)16-6-3-4-10(9-16)7-15-12(13)18/h1,10,14H,3-9H2,(H3,13,15,18). The number of nitrogens with two attached hydrogens (primary N) is 1. The molecule has 1 fully saturated rings. The van der Waals surface area contributed by atoms with E-state index in [2.05, 4.69) is 16.6 Å². The van der Waals surface area contributed by atoms with E-state index in [1.54, 1.807) is 4.90 Å². The molecule has 1 heterocycles. The van der Waals surface area contributed by atoms with Gasteiger partial charge in [-0.2, -0.15) is 0 Å². The van der Waals surface area contributed by atoms with Gasteiger partial charge in [0.15, 0.2) is 0 Å². The van der Waals surface area contributed by atoms with Crippen molar-refractivity contribution in [2.75, 3.05) is 32.7 Å². The molecule has 0 aromatic heterocycles. The first-order valence-corrected chi connectivity index (χ1v) is 6.08. The van der Waals surface area contributed by atoms with Gasteiger partial charge in [0.2, 0.25) is 5.91 Å². The Balaban J connectivity index is 2.31. The van der Waals surface area contributed by atoms with Crippen LogP contribution in [0.4, 0.5) is 4.79 Å². The number of nitrogens with zero attached hydrogens (tertiary/aromatic N) is 1. The Hall–Kier alpha value is -1.74. The number of amides is 3. The number of likely N-dealkylation sites (tertiary alicyclic amines) is 1. The third-order valence-corrected chi connectivity index (χ3v) is 2.94. The molecule has 100 valence electrons. The van der Waals surface area contributed by atoms with Crippen LogP contribution in [0.25, 0.3) is 0 Å². The number of rotatable bonds is 5. The minimum Gasteiger partial charge on any atom is -0.352 e. The third kappa shape index (κ3) is 5.06. The number of carbonyl (C=O) groups is 2. The molecule has 0 aromatic rings. The molecule has 1 aliphatic heterocycles. The van der Waals surface area contributed by atoms with Crippen molar-refractivity contribution >= 4 is 11.9 Å². The second-order valence-corrected chi connectivity index (χ2v) is 4.40. The minimum absolute atomic E-state index is 0.0500. The summed E-state index contributed by atoms with van der Waals surface area (Å²) in [5, 5.41) is 5.47. The molecule has 6 nitrogen and oxygen atoms in total. The molecule has 1 rings (SSSR count). The number of carbonyl (C=O) groups excluding carboxylic acids is 2. The molecular weight excluding hydrogens is 232 g/mol. The number of hydrogen-bond acceptors (Lipinski definition) is 3. The maximum Gasteiger partial charge on any atom is 0.312 e. The number of piperidine rings is 1. The first-order valence-electron chi connectivity index (χ1n) is 6.08. The molecule has 0 bridgehead atoms. The van der Waals surface area contributed by atoms with Crippen LogP contribution in [0, 0.1) is 18.3 Å². The van der Waals surface area contributed by atoms with E-state index in [-0.39, 0.29) is 18.4 Å². The minimum atomic E-state index is -0.519. The predicted molar refractivity (Wildman–Crippen MR) is 68.6 cm³/mol. The summed E-state index contributed by atoms with van der Waals surface area (Å²) in [5.74, 6) is 2.75. The summed E-state index contributed by atoms with van der Waals surface area (Å²) in [6, 6.07) is -0.519. The fourth-order valence-corrected chi connectivity index (χ4v) is 2.06. The van der Waals surface area contributed by atoms with Gasteiger partial charge in [0.1, 0.15) is 0 Å². The van der Waals surface area contributed by atoms with Crippen molar-refractivity contribution in [3.63, 3.8) is 0 Å². The van der Waals surface area contributed by atoms with Gasteiger partial charge in [-0.1, -0.05) is 5.92 Å². The molecular formula is C12H20N4O2. The third-order valence-electron chi connectivity index (χ3n) is 2.94.